The van der Waals surface area contributed by atoms with Crippen LogP contribution in [-0.4, -0.2) is 24.5 Å². The fraction of sp³-hybridized carbons (Fsp3) is 0.167. The van der Waals surface area contributed by atoms with E-state index >= 15 is 0 Å². The average Bonchev–Trinajstić information content (AvgIpc) is 2.66. The van der Waals surface area contributed by atoms with E-state index in [0.29, 0.717) is 12.1 Å². The summed E-state index contributed by atoms with van der Waals surface area (Å²) in [5.41, 5.74) is 6.73. The highest BCUT2D eigenvalue weighted by Gasteiger charge is 2.35. The van der Waals surface area contributed by atoms with Crippen LogP contribution in [0.5, 0.6) is 0 Å². The minimum atomic E-state index is -0.442. The lowest BCUT2D eigenvalue weighted by atomic mass is 9.95. The summed E-state index contributed by atoms with van der Waals surface area (Å²) >= 11 is 0. The van der Waals surface area contributed by atoms with Crippen molar-refractivity contribution in [2.45, 2.75) is 6.17 Å². The Morgan fingerprint density at radius 2 is 1.96 bits per heavy atom. The van der Waals surface area contributed by atoms with Crippen molar-refractivity contribution in [3.8, 4) is 0 Å². The van der Waals surface area contributed by atoms with Crippen LogP contribution in [0.3, 0.4) is 0 Å². The first-order chi connectivity index (χ1) is 12.6. The lowest BCUT2D eigenvalue weighted by molar-refractivity contribution is -0.384. The number of anilines is 1. The van der Waals surface area contributed by atoms with Crippen LogP contribution in [0.4, 0.5) is 11.4 Å². The summed E-state index contributed by atoms with van der Waals surface area (Å²) in [6.07, 6.45) is 1.57. The van der Waals surface area contributed by atoms with Crippen molar-refractivity contribution < 1.29 is 14.6 Å². The molecule has 2 heterocycles. The van der Waals surface area contributed by atoms with E-state index in [-0.39, 0.29) is 11.6 Å². The van der Waals surface area contributed by atoms with Gasteiger partial charge >= 0.3 is 0 Å². The van der Waals surface area contributed by atoms with Gasteiger partial charge in [-0.1, -0.05) is 12.1 Å². The third kappa shape index (κ3) is 2.47. The van der Waals surface area contributed by atoms with E-state index in [1.165, 1.54) is 19.2 Å². The Morgan fingerprint density at radius 1 is 1.23 bits per heavy atom. The quantitative estimate of drug-likeness (QED) is 0.648. The molecule has 0 bridgehead atoms. The Labute approximate surface area is 149 Å². The summed E-state index contributed by atoms with van der Waals surface area (Å²) in [7, 11) is 1.54. The number of carbonyl (C=O) groups is 1. The van der Waals surface area contributed by atoms with Crippen LogP contribution in [0.2, 0.25) is 0 Å². The second kappa shape index (κ2) is 6.16. The first-order valence-electron chi connectivity index (χ1n) is 8.04. The summed E-state index contributed by atoms with van der Waals surface area (Å²) in [5.74, 6) is -0.180. The van der Waals surface area contributed by atoms with Crippen LogP contribution < -0.4 is 15.7 Å². The molecular weight excluding hydrogens is 336 g/mol. The highest BCUT2D eigenvalue weighted by Crippen LogP contribution is 2.40. The second-order valence-corrected chi connectivity index (χ2v) is 6.00. The number of hydrogen-bond acceptors (Lipinski definition) is 6. The monoisotopic (exact) mass is 352 g/mol. The fourth-order valence-electron chi connectivity index (χ4n) is 3.41. The largest absolute Gasteiger partial charge is 0.342 e. The fourth-order valence-corrected chi connectivity index (χ4v) is 3.41. The van der Waals surface area contributed by atoms with Crippen LogP contribution in [-0.2, 0) is 4.84 Å². The molecule has 2 aliphatic heterocycles. The summed E-state index contributed by atoms with van der Waals surface area (Å²) in [6.45, 7) is 0.553. The third-order valence-electron chi connectivity index (χ3n) is 4.56. The molecule has 0 aromatic heterocycles. The molecule has 132 valence electrons. The summed E-state index contributed by atoms with van der Waals surface area (Å²) in [5, 5.41) is 13.9. The molecule has 0 fully saturated rings. The predicted octanol–water partition coefficient (Wildman–Crippen LogP) is 2.35. The molecule has 1 unspecified atom stereocenters. The summed E-state index contributed by atoms with van der Waals surface area (Å²) in [6, 6.07) is 11.8. The number of amides is 1. The number of para-hydroxylation sites is 1. The van der Waals surface area contributed by atoms with Gasteiger partial charge in [0.25, 0.3) is 11.6 Å². The number of non-ortho nitro benzene ring substituents is 1. The molecule has 0 saturated carbocycles. The smallest absolute Gasteiger partial charge is 0.269 e. The molecule has 8 nitrogen and oxygen atoms in total. The van der Waals surface area contributed by atoms with Gasteiger partial charge in [0.05, 0.1) is 29.0 Å². The number of rotatable bonds is 4. The van der Waals surface area contributed by atoms with Crippen molar-refractivity contribution >= 4 is 23.0 Å². The number of hydrogen-bond donors (Lipinski definition) is 2. The standard InChI is InChI=1S/C18H16N4O4/c1-26-20-15-9-10-21-16-13(15)3-2-4-14(16)18(23)19-17(21)11-5-7-12(8-6-11)22(24)25/h2-9,17,20H,10H2,1H3,(H,19,23). The molecule has 2 N–H and O–H groups in total. The summed E-state index contributed by atoms with van der Waals surface area (Å²) in [4.78, 5) is 30.2. The van der Waals surface area contributed by atoms with Crippen molar-refractivity contribution in [3.05, 3.63) is 75.3 Å². The van der Waals surface area contributed by atoms with Gasteiger partial charge < -0.3 is 10.2 Å². The minimum Gasteiger partial charge on any atom is -0.342 e. The van der Waals surface area contributed by atoms with Crippen molar-refractivity contribution in [1.29, 1.82) is 0 Å². The molecule has 2 aromatic carbocycles. The second-order valence-electron chi connectivity index (χ2n) is 6.00. The number of carbonyl (C=O) groups excluding carboxylic acids is 1. The van der Waals surface area contributed by atoms with Crippen LogP contribution in [0, 0.1) is 10.1 Å². The van der Waals surface area contributed by atoms with Crippen molar-refractivity contribution in [2.75, 3.05) is 18.6 Å². The van der Waals surface area contributed by atoms with E-state index in [9.17, 15) is 14.9 Å². The van der Waals surface area contributed by atoms with Crippen LogP contribution in [0.1, 0.15) is 27.7 Å². The van der Waals surface area contributed by atoms with Gasteiger partial charge in [0.2, 0.25) is 0 Å². The number of hydroxylamine groups is 1. The molecule has 2 aliphatic rings. The molecule has 0 radical (unpaired) electrons. The molecule has 1 amide bonds. The maximum Gasteiger partial charge on any atom is 0.269 e. The summed E-state index contributed by atoms with van der Waals surface area (Å²) < 4.78 is 0. The van der Waals surface area contributed by atoms with Crippen LogP contribution in [0.15, 0.2) is 48.5 Å². The Kier molecular flexibility index (Phi) is 3.81. The highest BCUT2D eigenvalue weighted by molar-refractivity contribution is 6.05. The first-order valence-corrected chi connectivity index (χ1v) is 8.04. The zero-order valence-corrected chi connectivity index (χ0v) is 13.9. The molecular formula is C18H16N4O4. The van der Waals surface area contributed by atoms with E-state index in [1.807, 2.05) is 18.2 Å². The van der Waals surface area contributed by atoms with Gasteiger partial charge in [-0.2, -0.15) is 0 Å². The molecule has 1 atom stereocenters. The minimum absolute atomic E-state index is 0.0158. The van der Waals surface area contributed by atoms with E-state index in [4.69, 9.17) is 4.84 Å². The lowest BCUT2D eigenvalue weighted by Gasteiger charge is -2.42. The molecule has 2 aromatic rings. The number of nitrogens with zero attached hydrogens (tertiary/aromatic N) is 2. The zero-order chi connectivity index (χ0) is 18.3. The van der Waals surface area contributed by atoms with E-state index in [0.717, 1.165) is 22.5 Å². The van der Waals surface area contributed by atoms with E-state index in [1.54, 1.807) is 18.2 Å². The first kappa shape index (κ1) is 16.1. The molecule has 0 saturated heterocycles. The van der Waals surface area contributed by atoms with Crippen molar-refractivity contribution in [3.63, 3.8) is 0 Å². The van der Waals surface area contributed by atoms with Gasteiger partial charge in [-0.05, 0) is 29.8 Å². The van der Waals surface area contributed by atoms with Crippen LogP contribution in [0.25, 0.3) is 5.70 Å². The molecule has 4 rings (SSSR count). The molecule has 0 aliphatic carbocycles. The third-order valence-corrected chi connectivity index (χ3v) is 4.56. The van der Waals surface area contributed by atoms with Gasteiger partial charge in [0.1, 0.15) is 6.17 Å². The Bertz CT molecular complexity index is 923. The van der Waals surface area contributed by atoms with Crippen LogP contribution >= 0.6 is 0 Å². The predicted molar refractivity (Wildman–Crippen MR) is 95.2 cm³/mol. The number of nitro benzene ring substituents is 1. The van der Waals surface area contributed by atoms with Crippen molar-refractivity contribution in [1.82, 2.24) is 10.8 Å². The van der Waals surface area contributed by atoms with E-state index in [2.05, 4.69) is 15.7 Å². The highest BCUT2D eigenvalue weighted by atomic mass is 16.6. The van der Waals surface area contributed by atoms with Gasteiger partial charge in [-0.25, -0.2) is 0 Å². The number of benzene rings is 2. The molecule has 0 spiro atoms. The Balaban J connectivity index is 1.78. The van der Waals surface area contributed by atoms with Gasteiger partial charge in [0.15, 0.2) is 0 Å². The lowest BCUT2D eigenvalue weighted by Crippen LogP contribution is -2.48. The maximum atomic E-state index is 12.6. The molecule has 26 heavy (non-hydrogen) atoms. The van der Waals surface area contributed by atoms with Gasteiger partial charge in [-0.3, -0.25) is 25.2 Å². The maximum absolute atomic E-state index is 12.6. The van der Waals surface area contributed by atoms with Crippen molar-refractivity contribution in [2.24, 2.45) is 0 Å². The van der Waals surface area contributed by atoms with Gasteiger partial charge in [-0.15, -0.1) is 0 Å². The number of nitrogens with one attached hydrogen (secondary N) is 2. The number of nitro groups is 1. The van der Waals surface area contributed by atoms with Gasteiger partial charge in [0, 0.05) is 24.2 Å². The topological polar surface area (TPSA) is 96.7 Å². The molecule has 8 heteroatoms. The SMILES string of the molecule is CONC1=CCN2c3c(cccc31)C(=O)NC2c1ccc([N+](=O)[O-])cc1. The zero-order valence-electron chi connectivity index (χ0n) is 13.9. The average molecular weight is 352 g/mol. The Hall–Kier alpha value is -3.39. The Morgan fingerprint density at radius 3 is 2.65 bits per heavy atom. The van der Waals surface area contributed by atoms with E-state index < -0.39 is 11.1 Å². The normalized spacial score (nSPS) is 17.9.